The summed E-state index contributed by atoms with van der Waals surface area (Å²) in [5.41, 5.74) is 0.0184. The molecule has 1 aromatic heterocycles. The van der Waals surface area contributed by atoms with Gasteiger partial charge >= 0.3 is 5.97 Å². The first-order valence-corrected chi connectivity index (χ1v) is 7.72. The monoisotopic (exact) mass is 296 g/mol. The Morgan fingerprint density at radius 1 is 1.35 bits per heavy atom. The van der Waals surface area contributed by atoms with Crippen LogP contribution in [0.5, 0.6) is 0 Å². The largest absolute Gasteiger partial charge is 0.477 e. The molecule has 0 saturated carbocycles. The summed E-state index contributed by atoms with van der Waals surface area (Å²) >= 11 is 1.87. The van der Waals surface area contributed by atoms with E-state index in [1.54, 1.807) is 0 Å². The average molecular weight is 296 g/mol. The van der Waals surface area contributed by atoms with Crippen molar-refractivity contribution >= 4 is 23.6 Å². The van der Waals surface area contributed by atoms with Gasteiger partial charge in [-0.05, 0) is 36.0 Å². The van der Waals surface area contributed by atoms with Gasteiger partial charge in [-0.15, -0.1) is 0 Å². The summed E-state index contributed by atoms with van der Waals surface area (Å²) in [6.07, 6.45) is 0.891. The standard InChI is InChI=1S/C14H20N2O3S/c1-10(2)9-20-8-4-7-15-13(17)11-5-3-6-12(16-11)14(18)19/h3,5-6,10H,4,7-9H2,1-2H3,(H,15,17)(H,18,19). The summed E-state index contributed by atoms with van der Waals surface area (Å²) < 4.78 is 0. The van der Waals surface area contributed by atoms with E-state index in [0.717, 1.165) is 17.9 Å². The van der Waals surface area contributed by atoms with Crippen LogP contribution in [0.4, 0.5) is 0 Å². The highest BCUT2D eigenvalue weighted by molar-refractivity contribution is 7.99. The minimum atomic E-state index is -1.13. The lowest BCUT2D eigenvalue weighted by Crippen LogP contribution is -2.26. The second kappa shape index (κ2) is 8.58. The van der Waals surface area contributed by atoms with Crippen molar-refractivity contribution in [2.75, 3.05) is 18.1 Å². The van der Waals surface area contributed by atoms with E-state index < -0.39 is 5.97 Å². The zero-order valence-corrected chi connectivity index (χ0v) is 12.6. The second-order valence-corrected chi connectivity index (χ2v) is 5.94. The Bertz CT molecular complexity index is 463. The lowest BCUT2D eigenvalue weighted by atomic mass is 10.3. The van der Waals surface area contributed by atoms with Gasteiger partial charge < -0.3 is 10.4 Å². The fraction of sp³-hybridized carbons (Fsp3) is 0.500. The number of aromatic carboxylic acids is 1. The van der Waals surface area contributed by atoms with Gasteiger partial charge in [0, 0.05) is 6.54 Å². The molecule has 5 nitrogen and oxygen atoms in total. The summed E-state index contributed by atoms with van der Waals surface area (Å²) in [5.74, 6) is 1.33. The van der Waals surface area contributed by atoms with Crippen LogP contribution in [0, 0.1) is 5.92 Å². The summed E-state index contributed by atoms with van der Waals surface area (Å²) in [7, 11) is 0. The van der Waals surface area contributed by atoms with Crippen LogP contribution in [-0.2, 0) is 0 Å². The number of hydrogen-bond donors (Lipinski definition) is 2. The number of nitrogens with one attached hydrogen (secondary N) is 1. The SMILES string of the molecule is CC(C)CSCCCNC(=O)c1cccc(C(=O)O)n1. The van der Waals surface area contributed by atoms with E-state index in [-0.39, 0.29) is 17.3 Å². The van der Waals surface area contributed by atoms with E-state index in [9.17, 15) is 9.59 Å². The van der Waals surface area contributed by atoms with Crippen LogP contribution >= 0.6 is 11.8 Å². The molecule has 0 spiro atoms. The van der Waals surface area contributed by atoms with Gasteiger partial charge in [-0.2, -0.15) is 11.8 Å². The minimum Gasteiger partial charge on any atom is -0.477 e. The number of carboxylic acids is 1. The molecule has 2 N–H and O–H groups in total. The van der Waals surface area contributed by atoms with Crippen molar-refractivity contribution < 1.29 is 14.7 Å². The summed E-state index contributed by atoms with van der Waals surface area (Å²) in [6, 6.07) is 4.39. The molecule has 1 heterocycles. The fourth-order valence-electron chi connectivity index (χ4n) is 1.47. The number of carboxylic acid groups (broad SMARTS) is 1. The normalized spacial score (nSPS) is 10.6. The molecule has 1 rings (SSSR count). The Hall–Kier alpha value is -1.56. The van der Waals surface area contributed by atoms with Gasteiger partial charge in [0.2, 0.25) is 0 Å². The summed E-state index contributed by atoms with van der Waals surface area (Å²) in [5, 5.41) is 11.6. The molecule has 20 heavy (non-hydrogen) atoms. The predicted octanol–water partition coefficient (Wildman–Crippen LogP) is 2.29. The van der Waals surface area contributed by atoms with E-state index in [2.05, 4.69) is 24.1 Å². The van der Waals surface area contributed by atoms with Crippen LogP contribution in [-0.4, -0.2) is 40.0 Å². The molecule has 0 atom stereocenters. The summed E-state index contributed by atoms with van der Waals surface area (Å²) in [4.78, 5) is 26.3. The molecule has 110 valence electrons. The third-order valence-corrected chi connectivity index (χ3v) is 3.88. The van der Waals surface area contributed by atoms with Crippen LogP contribution in [0.2, 0.25) is 0 Å². The Morgan fingerprint density at radius 2 is 2.05 bits per heavy atom. The Labute approximate surface area is 123 Å². The number of amides is 1. The maximum absolute atomic E-state index is 11.8. The first kappa shape index (κ1) is 16.5. The lowest BCUT2D eigenvalue weighted by Gasteiger charge is -2.06. The molecular formula is C14H20N2O3S. The number of carbonyl (C=O) groups excluding carboxylic acids is 1. The topological polar surface area (TPSA) is 79.3 Å². The third-order valence-electron chi connectivity index (χ3n) is 2.40. The first-order valence-electron chi connectivity index (χ1n) is 6.57. The van der Waals surface area contributed by atoms with Crippen molar-refractivity contribution in [3.8, 4) is 0 Å². The molecule has 0 aliphatic carbocycles. The van der Waals surface area contributed by atoms with Crippen LogP contribution in [0.1, 0.15) is 41.2 Å². The first-order chi connectivity index (χ1) is 9.50. The average Bonchev–Trinajstić information content (AvgIpc) is 2.42. The molecule has 0 fully saturated rings. The van der Waals surface area contributed by atoms with Crippen molar-refractivity contribution in [2.45, 2.75) is 20.3 Å². The van der Waals surface area contributed by atoms with Gasteiger partial charge in [-0.1, -0.05) is 19.9 Å². The van der Waals surface area contributed by atoms with Crippen LogP contribution in [0.25, 0.3) is 0 Å². The second-order valence-electron chi connectivity index (χ2n) is 4.79. The Morgan fingerprint density at radius 3 is 2.70 bits per heavy atom. The zero-order valence-electron chi connectivity index (χ0n) is 11.8. The van der Waals surface area contributed by atoms with Gasteiger partial charge in [0.1, 0.15) is 11.4 Å². The van der Waals surface area contributed by atoms with E-state index in [0.29, 0.717) is 12.5 Å². The molecule has 6 heteroatoms. The molecule has 1 amide bonds. The Balaban J connectivity index is 2.32. The molecule has 0 aromatic carbocycles. The summed E-state index contributed by atoms with van der Waals surface area (Å²) in [6.45, 7) is 4.93. The van der Waals surface area contributed by atoms with E-state index in [4.69, 9.17) is 5.11 Å². The van der Waals surface area contributed by atoms with Crippen molar-refractivity contribution in [1.29, 1.82) is 0 Å². The number of hydrogen-bond acceptors (Lipinski definition) is 4. The number of aromatic nitrogens is 1. The maximum atomic E-state index is 11.8. The quantitative estimate of drug-likeness (QED) is 0.720. The van der Waals surface area contributed by atoms with Gasteiger partial charge in [0.25, 0.3) is 5.91 Å². The molecule has 0 radical (unpaired) electrons. The van der Waals surface area contributed by atoms with Gasteiger partial charge in [0.05, 0.1) is 0 Å². The van der Waals surface area contributed by atoms with Crippen LogP contribution < -0.4 is 5.32 Å². The van der Waals surface area contributed by atoms with Gasteiger partial charge in [-0.25, -0.2) is 9.78 Å². The number of rotatable bonds is 8. The highest BCUT2D eigenvalue weighted by Gasteiger charge is 2.10. The highest BCUT2D eigenvalue weighted by atomic mass is 32.2. The number of carbonyl (C=O) groups is 2. The van der Waals surface area contributed by atoms with Gasteiger partial charge in [0.15, 0.2) is 0 Å². The minimum absolute atomic E-state index is 0.120. The van der Waals surface area contributed by atoms with Crippen molar-refractivity contribution in [3.05, 3.63) is 29.6 Å². The Kier molecular flexibility index (Phi) is 7.08. The van der Waals surface area contributed by atoms with Crippen molar-refractivity contribution in [3.63, 3.8) is 0 Å². The van der Waals surface area contributed by atoms with Crippen molar-refractivity contribution in [1.82, 2.24) is 10.3 Å². The maximum Gasteiger partial charge on any atom is 0.354 e. The van der Waals surface area contributed by atoms with Crippen LogP contribution in [0.15, 0.2) is 18.2 Å². The highest BCUT2D eigenvalue weighted by Crippen LogP contribution is 2.08. The fourth-order valence-corrected chi connectivity index (χ4v) is 2.45. The number of thioether (sulfide) groups is 1. The van der Waals surface area contributed by atoms with E-state index in [1.807, 2.05) is 11.8 Å². The molecule has 0 aliphatic heterocycles. The van der Waals surface area contributed by atoms with Crippen molar-refractivity contribution in [2.24, 2.45) is 5.92 Å². The molecule has 1 aromatic rings. The molecule has 0 saturated heterocycles. The van der Waals surface area contributed by atoms with E-state index in [1.165, 1.54) is 18.2 Å². The molecule has 0 unspecified atom stereocenters. The van der Waals surface area contributed by atoms with E-state index >= 15 is 0 Å². The molecular weight excluding hydrogens is 276 g/mol. The third kappa shape index (κ3) is 6.06. The molecule has 0 aliphatic rings. The molecule has 0 bridgehead atoms. The zero-order chi connectivity index (χ0) is 15.0. The number of nitrogens with zero attached hydrogens (tertiary/aromatic N) is 1. The van der Waals surface area contributed by atoms with Crippen LogP contribution in [0.3, 0.4) is 0 Å². The number of pyridine rings is 1. The smallest absolute Gasteiger partial charge is 0.354 e. The van der Waals surface area contributed by atoms with Gasteiger partial charge in [-0.3, -0.25) is 4.79 Å². The lowest BCUT2D eigenvalue weighted by molar-refractivity contribution is 0.0690. The predicted molar refractivity (Wildman–Crippen MR) is 80.3 cm³/mol.